The third-order valence-corrected chi connectivity index (χ3v) is 5.69. The van der Waals surface area contributed by atoms with Crippen molar-refractivity contribution in [1.82, 2.24) is 0 Å². The lowest BCUT2D eigenvalue weighted by atomic mass is 9.81. The van der Waals surface area contributed by atoms with Gasteiger partial charge >= 0.3 is 0 Å². The molecule has 0 radical (unpaired) electrons. The highest BCUT2D eigenvalue weighted by Gasteiger charge is 2.26. The van der Waals surface area contributed by atoms with Gasteiger partial charge in [-0.3, -0.25) is 0 Å². The summed E-state index contributed by atoms with van der Waals surface area (Å²) in [6.07, 6.45) is 6.08. The van der Waals surface area contributed by atoms with Crippen LogP contribution >= 0.6 is 22.7 Å². The molecule has 18 heavy (non-hydrogen) atoms. The van der Waals surface area contributed by atoms with Crippen molar-refractivity contribution in [2.75, 3.05) is 0 Å². The second kappa shape index (κ2) is 5.55. The predicted molar refractivity (Wildman–Crippen MR) is 80.6 cm³/mol. The van der Waals surface area contributed by atoms with Crippen LogP contribution in [0.5, 0.6) is 0 Å². The van der Waals surface area contributed by atoms with Crippen LogP contribution in [-0.2, 0) is 12.8 Å². The van der Waals surface area contributed by atoms with Gasteiger partial charge in [0.05, 0.1) is 0 Å². The van der Waals surface area contributed by atoms with Crippen LogP contribution in [0.3, 0.4) is 0 Å². The number of rotatable bonds is 4. The molecule has 3 rings (SSSR count). The summed E-state index contributed by atoms with van der Waals surface area (Å²) >= 11 is 3.69. The van der Waals surface area contributed by atoms with Crippen molar-refractivity contribution >= 4 is 22.7 Å². The molecule has 0 aliphatic heterocycles. The summed E-state index contributed by atoms with van der Waals surface area (Å²) in [5.74, 6) is 0.596. The molecular weight excluding hydrogens is 258 g/mol. The maximum atomic E-state index is 6.45. The topological polar surface area (TPSA) is 26.0 Å². The van der Waals surface area contributed by atoms with Crippen LogP contribution in [0.4, 0.5) is 0 Å². The van der Waals surface area contributed by atoms with Gasteiger partial charge in [0.15, 0.2) is 0 Å². The molecule has 2 N–H and O–H groups in total. The highest BCUT2D eigenvalue weighted by molar-refractivity contribution is 7.10. The van der Waals surface area contributed by atoms with E-state index in [1.165, 1.54) is 24.8 Å². The fraction of sp³-hybridized carbons (Fsp3) is 0.467. The molecule has 3 heteroatoms. The predicted octanol–water partition coefficient (Wildman–Crippen LogP) is 4.19. The fourth-order valence-corrected chi connectivity index (χ4v) is 4.64. The molecule has 0 saturated carbocycles. The Kier molecular flexibility index (Phi) is 3.83. The van der Waals surface area contributed by atoms with Crippen LogP contribution in [0, 0.1) is 0 Å². The molecule has 1 nitrogen and oxygen atoms in total. The highest BCUT2D eigenvalue weighted by atomic mass is 32.1. The van der Waals surface area contributed by atoms with E-state index < -0.39 is 0 Å². The van der Waals surface area contributed by atoms with Crippen LogP contribution in [0.15, 0.2) is 28.3 Å². The van der Waals surface area contributed by atoms with E-state index >= 15 is 0 Å². The summed E-state index contributed by atoms with van der Waals surface area (Å²) in [4.78, 5) is 1.58. The van der Waals surface area contributed by atoms with Crippen molar-refractivity contribution in [3.8, 4) is 0 Å². The van der Waals surface area contributed by atoms with Crippen molar-refractivity contribution in [3.05, 3.63) is 44.3 Å². The summed E-state index contributed by atoms with van der Waals surface area (Å²) < 4.78 is 0. The van der Waals surface area contributed by atoms with E-state index in [9.17, 15) is 0 Å². The molecule has 1 aliphatic rings. The molecule has 2 aromatic rings. The van der Waals surface area contributed by atoms with Gasteiger partial charge in [-0.15, -0.1) is 11.3 Å². The maximum Gasteiger partial charge on any atom is 0.0111 e. The quantitative estimate of drug-likeness (QED) is 0.891. The largest absolute Gasteiger partial charge is 0.327 e. The van der Waals surface area contributed by atoms with E-state index in [4.69, 9.17) is 5.73 Å². The molecule has 2 heterocycles. The molecule has 0 bridgehead atoms. The van der Waals surface area contributed by atoms with Crippen molar-refractivity contribution in [1.29, 1.82) is 0 Å². The monoisotopic (exact) mass is 277 g/mol. The minimum absolute atomic E-state index is 0.318. The van der Waals surface area contributed by atoms with Gasteiger partial charge in [-0.05, 0) is 71.5 Å². The molecule has 2 unspecified atom stereocenters. The summed E-state index contributed by atoms with van der Waals surface area (Å²) in [6.45, 7) is 0. The molecule has 0 amide bonds. The average Bonchev–Trinajstić information content (AvgIpc) is 3.05. The molecule has 96 valence electrons. The van der Waals surface area contributed by atoms with Crippen LogP contribution in [0.1, 0.15) is 41.2 Å². The van der Waals surface area contributed by atoms with Gasteiger partial charge in [-0.25, -0.2) is 0 Å². The summed E-state index contributed by atoms with van der Waals surface area (Å²) in [7, 11) is 0. The van der Waals surface area contributed by atoms with Crippen molar-refractivity contribution in [2.24, 2.45) is 5.73 Å². The number of fused-ring (bicyclic) bond motifs is 1. The number of hydrogen-bond donors (Lipinski definition) is 1. The lowest BCUT2D eigenvalue weighted by Gasteiger charge is -2.28. The van der Waals surface area contributed by atoms with E-state index in [0.717, 1.165) is 12.8 Å². The van der Waals surface area contributed by atoms with Gasteiger partial charge in [-0.2, -0.15) is 11.3 Å². The van der Waals surface area contributed by atoms with Crippen molar-refractivity contribution < 1.29 is 0 Å². The van der Waals surface area contributed by atoms with Gasteiger partial charge in [0.1, 0.15) is 0 Å². The first-order chi connectivity index (χ1) is 8.84. The second-order valence-electron chi connectivity index (χ2n) is 5.13. The van der Waals surface area contributed by atoms with Gasteiger partial charge in [0.2, 0.25) is 0 Å². The summed E-state index contributed by atoms with van der Waals surface area (Å²) in [5, 5.41) is 6.62. The Morgan fingerprint density at radius 3 is 3.11 bits per heavy atom. The smallest absolute Gasteiger partial charge is 0.0111 e. The number of nitrogens with two attached hydrogens (primary N) is 1. The Bertz CT molecular complexity index is 486. The number of thiophene rings is 2. The van der Waals surface area contributed by atoms with Gasteiger partial charge in [0.25, 0.3) is 0 Å². The number of hydrogen-bond acceptors (Lipinski definition) is 3. The Morgan fingerprint density at radius 1 is 1.33 bits per heavy atom. The molecule has 2 aromatic heterocycles. The second-order valence-corrected chi connectivity index (χ2v) is 6.91. The van der Waals surface area contributed by atoms with Crippen molar-refractivity contribution in [2.45, 2.75) is 44.1 Å². The summed E-state index contributed by atoms with van der Waals surface area (Å²) in [6, 6.07) is 4.83. The van der Waals surface area contributed by atoms with E-state index in [2.05, 4.69) is 28.3 Å². The maximum absolute atomic E-state index is 6.45. The van der Waals surface area contributed by atoms with Gasteiger partial charge in [-0.1, -0.05) is 0 Å². The summed E-state index contributed by atoms with van der Waals surface area (Å²) in [5.41, 5.74) is 9.43. The third kappa shape index (κ3) is 2.53. The molecule has 0 saturated heterocycles. The number of aryl methyl sites for hydroxylation is 2. The molecule has 0 spiro atoms. The van der Waals surface area contributed by atoms with E-state index in [1.807, 2.05) is 11.3 Å². The van der Waals surface area contributed by atoms with E-state index in [-0.39, 0.29) is 0 Å². The molecule has 0 aromatic carbocycles. The van der Waals surface area contributed by atoms with E-state index in [1.54, 1.807) is 21.8 Å². The molecular formula is C15H19NS2. The first-order valence-electron chi connectivity index (χ1n) is 6.67. The standard InChI is InChI=1S/C15H19NS2/c16-14(5-4-11-6-8-17-10-11)12-2-1-3-15-13(12)7-9-18-15/h6-10,12,14H,1-5,16H2. The average molecular weight is 277 g/mol. The molecule has 2 atom stereocenters. The van der Waals surface area contributed by atoms with Crippen LogP contribution in [-0.4, -0.2) is 6.04 Å². The van der Waals surface area contributed by atoms with Crippen LogP contribution in [0.25, 0.3) is 0 Å². The van der Waals surface area contributed by atoms with Crippen molar-refractivity contribution in [3.63, 3.8) is 0 Å². The van der Waals surface area contributed by atoms with Gasteiger partial charge < -0.3 is 5.73 Å². The fourth-order valence-electron chi connectivity index (χ4n) is 2.94. The van der Waals surface area contributed by atoms with Crippen LogP contribution < -0.4 is 5.73 Å². The minimum Gasteiger partial charge on any atom is -0.327 e. The van der Waals surface area contributed by atoms with Crippen LogP contribution in [0.2, 0.25) is 0 Å². The molecule has 1 aliphatic carbocycles. The normalized spacial score (nSPS) is 20.6. The zero-order chi connectivity index (χ0) is 12.4. The zero-order valence-corrected chi connectivity index (χ0v) is 12.1. The zero-order valence-electron chi connectivity index (χ0n) is 10.5. The van der Waals surface area contributed by atoms with Gasteiger partial charge in [0, 0.05) is 16.8 Å². The SMILES string of the molecule is NC(CCc1ccsc1)C1CCCc2sccc21. The Morgan fingerprint density at radius 2 is 2.28 bits per heavy atom. The lowest BCUT2D eigenvalue weighted by molar-refractivity contribution is 0.445. The Labute approximate surface area is 117 Å². The third-order valence-electron chi connectivity index (χ3n) is 3.96. The van der Waals surface area contributed by atoms with E-state index in [0.29, 0.717) is 12.0 Å². The first-order valence-corrected chi connectivity index (χ1v) is 8.50. The minimum atomic E-state index is 0.318. The first kappa shape index (κ1) is 12.4. The Balaban J connectivity index is 1.65. The highest BCUT2D eigenvalue weighted by Crippen LogP contribution is 2.37. The Hall–Kier alpha value is -0.640. The lowest BCUT2D eigenvalue weighted by Crippen LogP contribution is -2.30. The molecule has 0 fully saturated rings.